The van der Waals surface area contributed by atoms with E-state index in [0.29, 0.717) is 5.88 Å². The van der Waals surface area contributed by atoms with Gasteiger partial charge in [-0.2, -0.15) is 4.99 Å². The van der Waals surface area contributed by atoms with Crippen molar-refractivity contribution in [2.45, 2.75) is 19.9 Å². The predicted molar refractivity (Wildman–Crippen MR) is 52.1 cm³/mol. The molecule has 4 heteroatoms. The van der Waals surface area contributed by atoms with E-state index in [2.05, 4.69) is 9.98 Å². The van der Waals surface area contributed by atoms with Crippen LogP contribution in [0.2, 0.25) is 0 Å². The van der Waals surface area contributed by atoms with E-state index in [4.69, 9.17) is 4.74 Å². The van der Waals surface area contributed by atoms with E-state index in [9.17, 15) is 4.79 Å². The largest absolute Gasteiger partial charge is 0.481 e. The zero-order valence-corrected chi connectivity index (χ0v) is 8.44. The van der Waals surface area contributed by atoms with Crippen LogP contribution in [0.3, 0.4) is 0 Å². The summed E-state index contributed by atoms with van der Waals surface area (Å²) in [5.41, 5.74) is 1.81. The second-order valence-electron chi connectivity index (χ2n) is 2.99. The van der Waals surface area contributed by atoms with E-state index < -0.39 is 0 Å². The van der Waals surface area contributed by atoms with E-state index in [1.54, 1.807) is 13.3 Å². The fourth-order valence-corrected chi connectivity index (χ4v) is 1.18. The molecule has 1 rings (SSSR count). The third-order valence-corrected chi connectivity index (χ3v) is 1.97. The maximum Gasteiger partial charge on any atom is 0.235 e. The lowest BCUT2D eigenvalue weighted by Gasteiger charge is -2.07. The molecule has 1 aromatic heterocycles. The van der Waals surface area contributed by atoms with Crippen LogP contribution in [0.25, 0.3) is 0 Å². The van der Waals surface area contributed by atoms with E-state index in [1.165, 1.54) is 6.08 Å². The summed E-state index contributed by atoms with van der Waals surface area (Å²) in [5.74, 6) is 0.594. The molecule has 1 aromatic rings. The monoisotopic (exact) mass is 192 g/mol. The minimum Gasteiger partial charge on any atom is -0.481 e. The standard InChI is InChI=1S/C10H12N2O2/c1-7-4-9(8(2)12-6-13)5-11-10(7)14-3/h4-5,8H,1-3H3. The molecule has 0 radical (unpaired) electrons. The van der Waals surface area contributed by atoms with Crippen LogP contribution in [0.5, 0.6) is 5.88 Å². The average Bonchev–Trinajstić information content (AvgIpc) is 2.18. The molecule has 0 saturated heterocycles. The Labute approximate surface area is 82.6 Å². The van der Waals surface area contributed by atoms with Crippen LogP contribution in [-0.2, 0) is 4.79 Å². The lowest BCUT2D eigenvalue weighted by molar-refractivity contribution is 0.394. The van der Waals surface area contributed by atoms with Crippen LogP contribution < -0.4 is 4.74 Å². The van der Waals surface area contributed by atoms with Crippen LogP contribution in [0.4, 0.5) is 0 Å². The van der Waals surface area contributed by atoms with Crippen molar-refractivity contribution in [1.82, 2.24) is 4.98 Å². The Balaban J connectivity index is 3.01. The second kappa shape index (κ2) is 4.53. The highest BCUT2D eigenvalue weighted by Crippen LogP contribution is 2.20. The van der Waals surface area contributed by atoms with Crippen LogP contribution in [-0.4, -0.2) is 18.2 Å². The van der Waals surface area contributed by atoms with Gasteiger partial charge in [-0.05, 0) is 25.5 Å². The number of rotatable bonds is 3. The smallest absolute Gasteiger partial charge is 0.235 e. The average molecular weight is 192 g/mol. The number of aromatic nitrogens is 1. The first-order valence-electron chi connectivity index (χ1n) is 4.26. The van der Waals surface area contributed by atoms with Gasteiger partial charge >= 0.3 is 0 Å². The normalized spacial score (nSPS) is 11.6. The molecule has 1 unspecified atom stereocenters. The zero-order chi connectivity index (χ0) is 10.6. The number of carbonyl (C=O) groups excluding carboxylic acids is 1. The van der Waals surface area contributed by atoms with E-state index in [0.717, 1.165) is 11.1 Å². The molecule has 0 saturated carbocycles. The molecule has 74 valence electrons. The third kappa shape index (κ3) is 2.18. The zero-order valence-electron chi connectivity index (χ0n) is 8.44. The molecule has 0 aromatic carbocycles. The van der Waals surface area contributed by atoms with Gasteiger partial charge in [-0.3, -0.25) is 0 Å². The van der Waals surface area contributed by atoms with Crippen molar-refractivity contribution in [3.63, 3.8) is 0 Å². The SMILES string of the molecule is COc1ncc(C(C)N=C=O)cc1C. The first kappa shape index (κ1) is 10.4. The van der Waals surface area contributed by atoms with Gasteiger partial charge in [0.05, 0.1) is 13.2 Å². The van der Waals surface area contributed by atoms with Gasteiger partial charge in [0.2, 0.25) is 12.0 Å². The molecule has 4 nitrogen and oxygen atoms in total. The maximum atomic E-state index is 10.1. The molecule has 0 aliphatic carbocycles. The first-order chi connectivity index (χ1) is 6.69. The summed E-state index contributed by atoms with van der Waals surface area (Å²) in [5, 5.41) is 0. The topological polar surface area (TPSA) is 51.6 Å². The number of aryl methyl sites for hydroxylation is 1. The van der Waals surface area contributed by atoms with Gasteiger partial charge in [0.1, 0.15) is 0 Å². The molecule has 0 amide bonds. The fraction of sp³-hybridized carbons (Fsp3) is 0.400. The summed E-state index contributed by atoms with van der Waals surface area (Å²) in [4.78, 5) is 17.8. The number of pyridine rings is 1. The van der Waals surface area contributed by atoms with Crippen LogP contribution in [0, 0.1) is 6.92 Å². The highest BCUT2D eigenvalue weighted by Gasteiger charge is 2.06. The van der Waals surface area contributed by atoms with Crippen molar-refractivity contribution in [3.05, 3.63) is 23.4 Å². The number of isocyanates is 1. The van der Waals surface area contributed by atoms with Gasteiger partial charge in [0.15, 0.2) is 0 Å². The van der Waals surface area contributed by atoms with Gasteiger partial charge in [-0.25, -0.2) is 9.78 Å². The summed E-state index contributed by atoms with van der Waals surface area (Å²) < 4.78 is 5.02. The van der Waals surface area contributed by atoms with E-state index in [1.807, 2.05) is 19.9 Å². The number of ether oxygens (including phenoxy) is 1. The molecular weight excluding hydrogens is 180 g/mol. The molecular formula is C10H12N2O2. The lowest BCUT2D eigenvalue weighted by Crippen LogP contribution is -1.96. The third-order valence-electron chi connectivity index (χ3n) is 1.97. The van der Waals surface area contributed by atoms with Gasteiger partial charge in [0.25, 0.3) is 0 Å². The molecule has 1 atom stereocenters. The minimum atomic E-state index is -0.204. The fourth-order valence-electron chi connectivity index (χ4n) is 1.18. The Hall–Kier alpha value is -1.67. The second-order valence-corrected chi connectivity index (χ2v) is 2.99. The number of aliphatic imine (C=N–C) groups is 1. The van der Waals surface area contributed by atoms with Gasteiger partial charge in [-0.15, -0.1) is 0 Å². The van der Waals surface area contributed by atoms with Crippen molar-refractivity contribution in [2.24, 2.45) is 4.99 Å². The van der Waals surface area contributed by atoms with Crippen molar-refractivity contribution in [2.75, 3.05) is 7.11 Å². The Morgan fingerprint density at radius 1 is 1.64 bits per heavy atom. The molecule has 14 heavy (non-hydrogen) atoms. The minimum absolute atomic E-state index is 0.204. The molecule has 1 heterocycles. The Morgan fingerprint density at radius 2 is 2.36 bits per heavy atom. The molecule has 0 aliphatic rings. The molecule has 0 bridgehead atoms. The van der Waals surface area contributed by atoms with Crippen LogP contribution >= 0.6 is 0 Å². The molecule has 0 spiro atoms. The number of nitrogens with zero attached hydrogens (tertiary/aromatic N) is 2. The first-order valence-corrected chi connectivity index (χ1v) is 4.26. The van der Waals surface area contributed by atoms with Gasteiger partial charge in [-0.1, -0.05) is 0 Å². The molecule has 0 N–H and O–H groups in total. The molecule has 0 fully saturated rings. The van der Waals surface area contributed by atoms with Crippen molar-refractivity contribution in [1.29, 1.82) is 0 Å². The van der Waals surface area contributed by atoms with Crippen molar-refractivity contribution in [3.8, 4) is 5.88 Å². The van der Waals surface area contributed by atoms with Crippen LogP contribution in [0.1, 0.15) is 24.1 Å². The summed E-state index contributed by atoms with van der Waals surface area (Å²) >= 11 is 0. The van der Waals surface area contributed by atoms with Gasteiger partial charge in [0, 0.05) is 11.8 Å². The quantitative estimate of drug-likeness (QED) is 0.542. The Kier molecular flexibility index (Phi) is 3.37. The Bertz CT molecular complexity index is 370. The number of methoxy groups -OCH3 is 1. The highest BCUT2D eigenvalue weighted by molar-refractivity contribution is 5.36. The van der Waals surface area contributed by atoms with Crippen molar-refractivity contribution < 1.29 is 9.53 Å². The number of hydrogen-bond donors (Lipinski definition) is 0. The summed E-state index contributed by atoms with van der Waals surface area (Å²) in [6.07, 6.45) is 3.18. The van der Waals surface area contributed by atoms with Crippen LogP contribution in [0.15, 0.2) is 17.3 Å². The molecule has 0 aliphatic heterocycles. The summed E-state index contributed by atoms with van der Waals surface area (Å²) in [6, 6.07) is 1.70. The summed E-state index contributed by atoms with van der Waals surface area (Å²) in [6.45, 7) is 3.71. The van der Waals surface area contributed by atoms with Crippen molar-refractivity contribution >= 4 is 6.08 Å². The predicted octanol–water partition coefficient (Wildman–Crippen LogP) is 1.80. The number of hydrogen-bond acceptors (Lipinski definition) is 4. The van der Waals surface area contributed by atoms with E-state index >= 15 is 0 Å². The highest BCUT2D eigenvalue weighted by atomic mass is 16.5. The van der Waals surface area contributed by atoms with Gasteiger partial charge < -0.3 is 4.74 Å². The lowest BCUT2D eigenvalue weighted by atomic mass is 10.1. The Morgan fingerprint density at radius 3 is 2.86 bits per heavy atom. The maximum absolute atomic E-state index is 10.1. The summed E-state index contributed by atoms with van der Waals surface area (Å²) in [7, 11) is 1.57. The van der Waals surface area contributed by atoms with E-state index in [-0.39, 0.29) is 6.04 Å².